The fourth-order valence-corrected chi connectivity index (χ4v) is 3.45. The van der Waals surface area contributed by atoms with Crippen LogP contribution in [0, 0.1) is 6.42 Å². The third-order valence-electron chi connectivity index (χ3n) is 4.34. The first-order chi connectivity index (χ1) is 9.69. The molecule has 1 aliphatic carbocycles. The van der Waals surface area contributed by atoms with Gasteiger partial charge in [0.15, 0.2) is 0 Å². The Hall–Kier alpha value is -1.56. The average molecular weight is 277 g/mol. The molecule has 2 aromatic carbocycles. The lowest BCUT2D eigenvalue weighted by molar-refractivity contribution is 0.531. The van der Waals surface area contributed by atoms with Crippen molar-refractivity contribution in [3.63, 3.8) is 0 Å². The van der Waals surface area contributed by atoms with E-state index < -0.39 is 0 Å². The predicted molar refractivity (Wildman–Crippen MR) is 91.8 cm³/mol. The van der Waals surface area contributed by atoms with Gasteiger partial charge in [-0.25, -0.2) is 0 Å². The van der Waals surface area contributed by atoms with Crippen LogP contribution in [-0.2, 0) is 10.8 Å². The monoisotopic (exact) mass is 277 g/mol. The van der Waals surface area contributed by atoms with Gasteiger partial charge in [0.25, 0.3) is 0 Å². The van der Waals surface area contributed by atoms with E-state index in [0.29, 0.717) is 0 Å². The Morgan fingerprint density at radius 2 is 1.33 bits per heavy atom. The van der Waals surface area contributed by atoms with E-state index in [1.54, 1.807) is 0 Å². The van der Waals surface area contributed by atoms with Gasteiger partial charge in [-0.2, -0.15) is 0 Å². The van der Waals surface area contributed by atoms with Crippen LogP contribution in [0.1, 0.15) is 63.8 Å². The van der Waals surface area contributed by atoms with E-state index in [0.717, 1.165) is 0 Å². The van der Waals surface area contributed by atoms with Gasteiger partial charge in [0, 0.05) is 6.42 Å². The summed E-state index contributed by atoms with van der Waals surface area (Å²) in [7, 11) is 0. The second kappa shape index (κ2) is 4.47. The number of fused-ring (bicyclic) bond motifs is 3. The van der Waals surface area contributed by atoms with Crippen LogP contribution in [0.4, 0.5) is 0 Å². The molecule has 0 heteroatoms. The van der Waals surface area contributed by atoms with E-state index in [1.807, 2.05) is 0 Å². The molecule has 0 atom stereocenters. The molecule has 2 aromatic rings. The highest BCUT2D eigenvalue weighted by Gasteiger charge is 2.32. The number of rotatable bonds is 0. The Morgan fingerprint density at radius 1 is 0.667 bits per heavy atom. The minimum absolute atomic E-state index is 0.138. The summed E-state index contributed by atoms with van der Waals surface area (Å²) in [5.74, 6) is 0. The summed E-state index contributed by atoms with van der Waals surface area (Å²) in [6.07, 6.45) is 2.33. The molecule has 0 aromatic heterocycles. The third-order valence-corrected chi connectivity index (χ3v) is 4.34. The molecular formula is C21H25. The van der Waals surface area contributed by atoms with Crippen molar-refractivity contribution in [1.82, 2.24) is 0 Å². The summed E-state index contributed by atoms with van der Waals surface area (Å²) >= 11 is 0. The average Bonchev–Trinajstić information content (AvgIpc) is 2.73. The topological polar surface area (TPSA) is 0 Å². The van der Waals surface area contributed by atoms with Crippen molar-refractivity contribution < 1.29 is 0 Å². The van der Waals surface area contributed by atoms with Gasteiger partial charge in [-0.05, 0) is 44.2 Å². The maximum Gasteiger partial charge on any atom is 0.0212 e. The lowest BCUT2D eigenvalue weighted by atomic mass is 9.72. The fourth-order valence-electron chi connectivity index (χ4n) is 3.45. The molecule has 1 aliphatic rings. The van der Waals surface area contributed by atoms with Crippen LogP contribution in [0.5, 0.6) is 0 Å². The van der Waals surface area contributed by atoms with E-state index in [1.165, 1.54) is 33.4 Å². The van der Waals surface area contributed by atoms with Crippen molar-refractivity contribution >= 4 is 0 Å². The van der Waals surface area contributed by atoms with Crippen molar-refractivity contribution in [3.05, 3.63) is 65.1 Å². The minimum Gasteiger partial charge on any atom is -0.0619 e. The SMILES string of the molecule is CC(C)(C)c1ccc2c(c1C(C)(C)C)-c1ccccc1[CH]2. The first-order valence-electron chi connectivity index (χ1n) is 7.82. The smallest absolute Gasteiger partial charge is 0.0212 e. The van der Waals surface area contributed by atoms with Crippen molar-refractivity contribution in [2.24, 2.45) is 0 Å². The molecule has 1 radical (unpaired) electrons. The Morgan fingerprint density at radius 3 is 1.95 bits per heavy atom. The Kier molecular flexibility index (Phi) is 3.06. The Labute approximate surface area is 129 Å². The van der Waals surface area contributed by atoms with E-state index >= 15 is 0 Å². The highest BCUT2D eigenvalue weighted by Crippen LogP contribution is 2.47. The van der Waals surface area contributed by atoms with Gasteiger partial charge in [0.1, 0.15) is 0 Å². The van der Waals surface area contributed by atoms with E-state index in [4.69, 9.17) is 0 Å². The second-order valence-electron chi connectivity index (χ2n) is 8.18. The zero-order chi connectivity index (χ0) is 15.4. The van der Waals surface area contributed by atoms with E-state index in [9.17, 15) is 0 Å². The molecule has 109 valence electrons. The van der Waals surface area contributed by atoms with Crippen LogP contribution in [0.3, 0.4) is 0 Å². The van der Waals surface area contributed by atoms with Crippen molar-refractivity contribution in [3.8, 4) is 11.1 Å². The summed E-state index contributed by atoms with van der Waals surface area (Å²) in [6.45, 7) is 13.9. The molecule has 0 amide bonds. The van der Waals surface area contributed by atoms with Gasteiger partial charge >= 0.3 is 0 Å². The van der Waals surface area contributed by atoms with E-state index in [2.05, 4.69) is 84.4 Å². The van der Waals surface area contributed by atoms with Crippen molar-refractivity contribution in [1.29, 1.82) is 0 Å². The van der Waals surface area contributed by atoms with Gasteiger partial charge in [-0.3, -0.25) is 0 Å². The lowest BCUT2D eigenvalue weighted by Crippen LogP contribution is -2.23. The Bertz CT molecular complexity index is 691. The first kappa shape index (κ1) is 14.4. The van der Waals surface area contributed by atoms with E-state index in [-0.39, 0.29) is 10.8 Å². The molecule has 0 spiro atoms. The van der Waals surface area contributed by atoms with Crippen molar-refractivity contribution in [2.45, 2.75) is 52.4 Å². The number of hydrogen-bond donors (Lipinski definition) is 0. The third kappa shape index (κ3) is 2.31. The molecule has 0 unspecified atom stereocenters. The molecule has 0 saturated heterocycles. The molecule has 21 heavy (non-hydrogen) atoms. The quantitative estimate of drug-likeness (QED) is 0.482. The van der Waals surface area contributed by atoms with Crippen LogP contribution in [0.2, 0.25) is 0 Å². The second-order valence-corrected chi connectivity index (χ2v) is 8.18. The molecule has 0 aliphatic heterocycles. The Balaban J connectivity index is 2.38. The van der Waals surface area contributed by atoms with Crippen LogP contribution >= 0.6 is 0 Å². The lowest BCUT2D eigenvalue weighted by Gasteiger charge is -2.32. The van der Waals surface area contributed by atoms with Gasteiger partial charge in [0.2, 0.25) is 0 Å². The summed E-state index contributed by atoms with van der Waals surface area (Å²) in [4.78, 5) is 0. The zero-order valence-corrected chi connectivity index (χ0v) is 14.0. The van der Waals surface area contributed by atoms with Crippen LogP contribution in [-0.4, -0.2) is 0 Å². The molecule has 0 fully saturated rings. The number of hydrogen-bond acceptors (Lipinski definition) is 0. The highest BCUT2D eigenvalue weighted by atomic mass is 14.4. The zero-order valence-electron chi connectivity index (χ0n) is 14.0. The molecule has 0 bridgehead atoms. The molecule has 0 nitrogen and oxygen atoms in total. The molecule has 3 rings (SSSR count). The summed E-state index contributed by atoms with van der Waals surface area (Å²) in [6, 6.07) is 13.4. The normalized spacial score (nSPS) is 14.0. The number of benzene rings is 2. The van der Waals surface area contributed by atoms with Crippen LogP contribution < -0.4 is 0 Å². The van der Waals surface area contributed by atoms with Gasteiger partial charge < -0.3 is 0 Å². The largest absolute Gasteiger partial charge is 0.0619 e. The maximum atomic E-state index is 2.34. The fraction of sp³-hybridized carbons (Fsp3) is 0.381. The maximum absolute atomic E-state index is 2.34. The molecule has 0 N–H and O–H groups in total. The minimum atomic E-state index is 0.138. The molecule has 0 heterocycles. The van der Waals surface area contributed by atoms with Crippen LogP contribution in [0.25, 0.3) is 11.1 Å². The van der Waals surface area contributed by atoms with Crippen LogP contribution in [0.15, 0.2) is 36.4 Å². The highest BCUT2D eigenvalue weighted by molar-refractivity contribution is 5.85. The summed E-state index contributed by atoms with van der Waals surface area (Å²) < 4.78 is 0. The van der Waals surface area contributed by atoms with Gasteiger partial charge in [0.05, 0.1) is 0 Å². The molecular weight excluding hydrogens is 252 g/mol. The van der Waals surface area contributed by atoms with Gasteiger partial charge in [-0.1, -0.05) is 77.9 Å². The van der Waals surface area contributed by atoms with Gasteiger partial charge in [-0.15, -0.1) is 0 Å². The standard InChI is InChI=1S/C21H25/c1-20(2,3)17-12-11-15-13-14-9-7-8-10-16(14)18(15)19(17)21(4,5)6/h7-13H,1-6H3. The molecule has 0 saturated carbocycles. The predicted octanol–water partition coefficient (Wildman–Crippen LogP) is 5.86. The first-order valence-corrected chi connectivity index (χ1v) is 7.82. The summed E-state index contributed by atoms with van der Waals surface area (Å²) in [5, 5.41) is 0. The van der Waals surface area contributed by atoms with Crippen molar-refractivity contribution in [2.75, 3.05) is 0 Å². The summed E-state index contributed by atoms with van der Waals surface area (Å²) in [5.41, 5.74) is 8.84.